The Hall–Kier alpha value is -2.30. The van der Waals surface area contributed by atoms with Gasteiger partial charge in [0.1, 0.15) is 11.5 Å². The predicted molar refractivity (Wildman–Crippen MR) is 64.2 cm³/mol. The summed E-state index contributed by atoms with van der Waals surface area (Å²) in [5.74, 6) is -0.767. The van der Waals surface area contributed by atoms with E-state index in [-0.39, 0.29) is 11.6 Å². The average molecular weight is 233 g/mol. The molecule has 2 aromatic rings. The van der Waals surface area contributed by atoms with E-state index in [4.69, 9.17) is 5.73 Å². The number of aromatic nitrogens is 1. The van der Waals surface area contributed by atoms with Crippen LogP contribution < -0.4 is 11.1 Å². The first-order chi connectivity index (χ1) is 8.08. The summed E-state index contributed by atoms with van der Waals surface area (Å²) in [7, 11) is 1.75. The first kappa shape index (κ1) is 11.2. The van der Waals surface area contributed by atoms with Crippen LogP contribution in [0, 0.1) is 5.82 Å². The van der Waals surface area contributed by atoms with Gasteiger partial charge in [-0.15, -0.1) is 0 Å². The van der Waals surface area contributed by atoms with Crippen LogP contribution in [0.3, 0.4) is 0 Å². The molecule has 4 nitrogen and oxygen atoms in total. The highest BCUT2D eigenvalue weighted by molar-refractivity contribution is 6.04. The van der Waals surface area contributed by atoms with Crippen molar-refractivity contribution in [3.05, 3.63) is 48.0 Å². The van der Waals surface area contributed by atoms with Gasteiger partial charge in [-0.25, -0.2) is 4.39 Å². The molecule has 17 heavy (non-hydrogen) atoms. The summed E-state index contributed by atoms with van der Waals surface area (Å²) in [4.78, 5) is 11.8. The van der Waals surface area contributed by atoms with E-state index < -0.39 is 5.82 Å². The SMILES string of the molecule is Cn1cccc1C(=O)Nc1cc(F)ccc1N. The van der Waals surface area contributed by atoms with Gasteiger partial charge >= 0.3 is 0 Å². The number of nitrogen functional groups attached to an aromatic ring is 1. The number of halogens is 1. The van der Waals surface area contributed by atoms with Crippen LogP contribution >= 0.6 is 0 Å². The normalized spacial score (nSPS) is 10.2. The topological polar surface area (TPSA) is 60.0 Å². The lowest BCUT2D eigenvalue weighted by molar-refractivity contribution is 0.101. The number of hydrogen-bond donors (Lipinski definition) is 2. The van der Waals surface area contributed by atoms with Crippen LogP contribution in [0.25, 0.3) is 0 Å². The fraction of sp³-hybridized carbons (Fsp3) is 0.0833. The Morgan fingerprint density at radius 2 is 2.18 bits per heavy atom. The van der Waals surface area contributed by atoms with Crippen molar-refractivity contribution >= 4 is 17.3 Å². The van der Waals surface area contributed by atoms with Crippen LogP contribution in [0.2, 0.25) is 0 Å². The molecule has 0 radical (unpaired) electrons. The number of hydrogen-bond acceptors (Lipinski definition) is 2. The number of nitrogens with one attached hydrogen (secondary N) is 1. The van der Waals surface area contributed by atoms with Crippen LogP contribution in [0.5, 0.6) is 0 Å². The van der Waals surface area contributed by atoms with E-state index in [2.05, 4.69) is 5.32 Å². The second-order valence-corrected chi connectivity index (χ2v) is 3.69. The molecule has 0 aliphatic heterocycles. The largest absolute Gasteiger partial charge is 0.397 e. The van der Waals surface area contributed by atoms with Gasteiger partial charge in [0.05, 0.1) is 11.4 Å². The Labute approximate surface area is 97.9 Å². The maximum atomic E-state index is 13.0. The zero-order chi connectivity index (χ0) is 12.4. The molecule has 0 fully saturated rings. The highest BCUT2D eigenvalue weighted by Gasteiger charge is 2.11. The molecule has 1 heterocycles. The van der Waals surface area contributed by atoms with Crippen molar-refractivity contribution in [2.75, 3.05) is 11.1 Å². The molecule has 0 aliphatic carbocycles. The standard InChI is InChI=1S/C12H12FN3O/c1-16-6-2-3-11(16)12(17)15-10-7-8(13)4-5-9(10)14/h2-7H,14H2,1H3,(H,15,17). The van der Waals surface area contributed by atoms with Gasteiger partial charge in [-0.2, -0.15) is 0 Å². The molecule has 0 unspecified atom stereocenters. The Balaban J connectivity index is 2.24. The van der Waals surface area contributed by atoms with Crippen LogP contribution in [0.4, 0.5) is 15.8 Å². The van der Waals surface area contributed by atoms with Gasteiger partial charge in [-0.1, -0.05) is 0 Å². The van der Waals surface area contributed by atoms with Gasteiger partial charge in [0, 0.05) is 13.2 Å². The molecule has 1 aromatic carbocycles. The number of amides is 1. The molecule has 1 aromatic heterocycles. The second kappa shape index (κ2) is 4.29. The molecule has 0 saturated heterocycles. The molecule has 0 aliphatic rings. The van der Waals surface area contributed by atoms with Crippen molar-refractivity contribution in [3.8, 4) is 0 Å². The number of nitrogens with zero attached hydrogens (tertiary/aromatic N) is 1. The summed E-state index contributed by atoms with van der Waals surface area (Å²) in [5.41, 5.74) is 6.72. The first-order valence-corrected chi connectivity index (χ1v) is 5.05. The van der Waals surface area contributed by atoms with Crippen molar-refractivity contribution in [3.63, 3.8) is 0 Å². The number of carbonyl (C=O) groups is 1. The quantitative estimate of drug-likeness (QED) is 0.779. The van der Waals surface area contributed by atoms with E-state index in [9.17, 15) is 9.18 Å². The summed E-state index contributed by atoms with van der Waals surface area (Å²) in [6.07, 6.45) is 1.75. The molecule has 88 valence electrons. The Morgan fingerprint density at radius 1 is 1.41 bits per heavy atom. The van der Waals surface area contributed by atoms with Crippen molar-refractivity contribution in [2.45, 2.75) is 0 Å². The van der Waals surface area contributed by atoms with E-state index in [0.29, 0.717) is 11.4 Å². The molecular formula is C12H12FN3O. The fourth-order valence-electron chi connectivity index (χ4n) is 1.52. The number of rotatable bonds is 2. The zero-order valence-electron chi connectivity index (χ0n) is 9.27. The van der Waals surface area contributed by atoms with Gasteiger partial charge in [-0.3, -0.25) is 4.79 Å². The van der Waals surface area contributed by atoms with E-state index >= 15 is 0 Å². The van der Waals surface area contributed by atoms with E-state index in [1.165, 1.54) is 18.2 Å². The van der Waals surface area contributed by atoms with E-state index in [0.717, 1.165) is 0 Å². The molecule has 0 spiro atoms. The van der Waals surface area contributed by atoms with Crippen molar-refractivity contribution in [1.29, 1.82) is 0 Å². The molecule has 3 N–H and O–H groups in total. The lowest BCUT2D eigenvalue weighted by atomic mass is 10.2. The van der Waals surface area contributed by atoms with Gasteiger partial charge in [0.15, 0.2) is 0 Å². The maximum absolute atomic E-state index is 13.0. The summed E-state index contributed by atoms with van der Waals surface area (Å²) in [6.45, 7) is 0. The summed E-state index contributed by atoms with van der Waals surface area (Å²) < 4.78 is 14.7. The highest BCUT2D eigenvalue weighted by atomic mass is 19.1. The molecule has 0 saturated carbocycles. The van der Waals surface area contributed by atoms with Crippen molar-refractivity contribution < 1.29 is 9.18 Å². The highest BCUT2D eigenvalue weighted by Crippen LogP contribution is 2.20. The molecule has 5 heteroatoms. The lowest BCUT2D eigenvalue weighted by Gasteiger charge is -2.08. The minimum atomic E-state index is -0.443. The number of anilines is 2. The van der Waals surface area contributed by atoms with Crippen LogP contribution in [-0.4, -0.2) is 10.5 Å². The molecule has 0 atom stereocenters. The van der Waals surface area contributed by atoms with E-state index in [1.807, 2.05) is 0 Å². The molecular weight excluding hydrogens is 221 g/mol. The third-order valence-electron chi connectivity index (χ3n) is 2.44. The molecule has 1 amide bonds. The van der Waals surface area contributed by atoms with Gasteiger partial charge in [0.25, 0.3) is 5.91 Å². The zero-order valence-corrected chi connectivity index (χ0v) is 9.27. The monoisotopic (exact) mass is 233 g/mol. The maximum Gasteiger partial charge on any atom is 0.272 e. The van der Waals surface area contributed by atoms with Gasteiger partial charge in [0.2, 0.25) is 0 Å². The van der Waals surface area contributed by atoms with Crippen molar-refractivity contribution in [1.82, 2.24) is 4.57 Å². The minimum absolute atomic E-state index is 0.274. The number of aryl methyl sites for hydroxylation is 1. The third-order valence-corrected chi connectivity index (χ3v) is 2.44. The van der Waals surface area contributed by atoms with E-state index in [1.54, 1.807) is 29.9 Å². The predicted octanol–water partition coefficient (Wildman–Crippen LogP) is 2.00. The summed E-state index contributed by atoms with van der Waals surface area (Å²) in [5, 5.41) is 2.57. The third kappa shape index (κ3) is 2.28. The second-order valence-electron chi connectivity index (χ2n) is 3.69. The average Bonchev–Trinajstić information content (AvgIpc) is 2.70. The summed E-state index contributed by atoms with van der Waals surface area (Å²) >= 11 is 0. The number of carbonyl (C=O) groups excluding carboxylic acids is 1. The fourth-order valence-corrected chi connectivity index (χ4v) is 1.52. The minimum Gasteiger partial charge on any atom is -0.397 e. The molecule has 2 rings (SSSR count). The smallest absolute Gasteiger partial charge is 0.272 e. The Morgan fingerprint density at radius 3 is 2.82 bits per heavy atom. The van der Waals surface area contributed by atoms with Crippen LogP contribution in [0.1, 0.15) is 10.5 Å². The molecule has 0 bridgehead atoms. The lowest BCUT2D eigenvalue weighted by Crippen LogP contribution is -2.16. The Kier molecular flexibility index (Phi) is 2.82. The Bertz CT molecular complexity index is 563. The van der Waals surface area contributed by atoms with Crippen LogP contribution in [-0.2, 0) is 7.05 Å². The summed E-state index contributed by atoms with van der Waals surface area (Å²) in [6, 6.07) is 7.27. The van der Waals surface area contributed by atoms with Crippen molar-refractivity contribution in [2.24, 2.45) is 7.05 Å². The first-order valence-electron chi connectivity index (χ1n) is 5.05. The number of nitrogens with two attached hydrogens (primary N) is 1. The van der Waals surface area contributed by atoms with Gasteiger partial charge in [-0.05, 0) is 30.3 Å². The van der Waals surface area contributed by atoms with Crippen LogP contribution in [0.15, 0.2) is 36.5 Å². The van der Waals surface area contributed by atoms with Gasteiger partial charge < -0.3 is 15.6 Å². The number of benzene rings is 1.